The number of anilines is 2. The molecule has 0 spiro atoms. The Morgan fingerprint density at radius 1 is 1.14 bits per heavy atom. The number of benzene rings is 2. The number of rotatable bonds is 4. The van der Waals surface area contributed by atoms with E-state index >= 15 is 0 Å². The molecule has 21 heavy (non-hydrogen) atoms. The maximum absolute atomic E-state index is 13.3. The Morgan fingerprint density at radius 2 is 1.90 bits per heavy atom. The highest BCUT2D eigenvalue weighted by atomic mass is 35.5. The number of amides is 1. The summed E-state index contributed by atoms with van der Waals surface area (Å²) in [6, 6.07) is 8.80. The standard InChI is InChI=1S/C15H13Cl2FN2O/c1-2-19-14-4-3-9(16)7-13(14)15(21)20-12-6-10(17)5-11(18)8-12/h3-8,19H,2H2,1H3,(H,20,21). The lowest BCUT2D eigenvalue weighted by Gasteiger charge is -2.12. The van der Waals surface area contributed by atoms with E-state index in [4.69, 9.17) is 23.2 Å². The Balaban J connectivity index is 2.29. The molecule has 0 aliphatic carbocycles. The van der Waals surface area contributed by atoms with Gasteiger partial charge in [0.1, 0.15) is 5.82 Å². The van der Waals surface area contributed by atoms with Gasteiger partial charge in [-0.15, -0.1) is 0 Å². The molecular weight excluding hydrogens is 314 g/mol. The van der Waals surface area contributed by atoms with Crippen molar-refractivity contribution in [2.75, 3.05) is 17.2 Å². The zero-order valence-electron chi connectivity index (χ0n) is 11.2. The minimum absolute atomic E-state index is 0.211. The van der Waals surface area contributed by atoms with Crippen molar-refractivity contribution >= 4 is 40.5 Å². The van der Waals surface area contributed by atoms with E-state index in [1.807, 2.05) is 6.92 Å². The summed E-state index contributed by atoms with van der Waals surface area (Å²) in [4.78, 5) is 12.3. The van der Waals surface area contributed by atoms with E-state index < -0.39 is 11.7 Å². The monoisotopic (exact) mass is 326 g/mol. The highest BCUT2D eigenvalue weighted by Crippen LogP contribution is 2.23. The van der Waals surface area contributed by atoms with Gasteiger partial charge in [-0.25, -0.2) is 4.39 Å². The summed E-state index contributed by atoms with van der Waals surface area (Å²) < 4.78 is 13.3. The van der Waals surface area contributed by atoms with Gasteiger partial charge >= 0.3 is 0 Å². The van der Waals surface area contributed by atoms with Crippen molar-refractivity contribution in [2.24, 2.45) is 0 Å². The van der Waals surface area contributed by atoms with Crippen LogP contribution in [0.25, 0.3) is 0 Å². The predicted molar refractivity (Wildman–Crippen MR) is 85.0 cm³/mol. The molecule has 6 heteroatoms. The molecule has 0 bridgehead atoms. The van der Waals surface area contributed by atoms with Crippen LogP contribution in [0.4, 0.5) is 15.8 Å². The molecule has 0 atom stereocenters. The molecule has 0 saturated carbocycles. The summed E-state index contributed by atoms with van der Waals surface area (Å²) in [5.74, 6) is -0.911. The van der Waals surface area contributed by atoms with Crippen molar-refractivity contribution in [3.05, 3.63) is 57.8 Å². The zero-order chi connectivity index (χ0) is 15.4. The first-order valence-electron chi connectivity index (χ1n) is 6.30. The topological polar surface area (TPSA) is 41.1 Å². The first-order chi connectivity index (χ1) is 9.99. The second-order valence-electron chi connectivity index (χ2n) is 4.33. The van der Waals surface area contributed by atoms with E-state index in [1.54, 1.807) is 18.2 Å². The van der Waals surface area contributed by atoms with Crippen molar-refractivity contribution in [1.82, 2.24) is 0 Å². The molecule has 110 valence electrons. The largest absolute Gasteiger partial charge is 0.385 e. The Kier molecular flexibility index (Phi) is 5.04. The van der Waals surface area contributed by atoms with Crippen molar-refractivity contribution in [1.29, 1.82) is 0 Å². The fraction of sp³-hybridized carbons (Fsp3) is 0.133. The molecule has 0 radical (unpaired) electrons. The summed E-state index contributed by atoms with van der Waals surface area (Å²) in [5, 5.41) is 6.33. The van der Waals surface area contributed by atoms with Crippen molar-refractivity contribution in [3.63, 3.8) is 0 Å². The molecule has 0 unspecified atom stereocenters. The predicted octanol–water partition coefficient (Wildman–Crippen LogP) is 4.82. The molecule has 2 aromatic carbocycles. The second kappa shape index (κ2) is 6.78. The van der Waals surface area contributed by atoms with Crippen LogP contribution in [0.2, 0.25) is 10.0 Å². The van der Waals surface area contributed by atoms with Gasteiger partial charge in [-0.1, -0.05) is 23.2 Å². The number of halogens is 3. The Hall–Kier alpha value is -1.78. The lowest BCUT2D eigenvalue weighted by molar-refractivity contribution is 0.102. The molecular formula is C15H13Cl2FN2O. The van der Waals surface area contributed by atoms with E-state index in [0.29, 0.717) is 22.8 Å². The third-order valence-electron chi connectivity index (χ3n) is 2.71. The molecule has 0 saturated heterocycles. The molecule has 3 nitrogen and oxygen atoms in total. The zero-order valence-corrected chi connectivity index (χ0v) is 12.7. The third-order valence-corrected chi connectivity index (χ3v) is 3.17. The van der Waals surface area contributed by atoms with Gasteiger partial charge in [0.2, 0.25) is 0 Å². The number of carbonyl (C=O) groups excluding carboxylic acids is 1. The first kappa shape index (κ1) is 15.6. The fourth-order valence-corrected chi connectivity index (χ4v) is 2.27. The van der Waals surface area contributed by atoms with Crippen LogP contribution in [-0.2, 0) is 0 Å². The van der Waals surface area contributed by atoms with Crippen LogP contribution in [0, 0.1) is 5.82 Å². The Bertz CT molecular complexity index is 656. The molecule has 0 aromatic heterocycles. The summed E-state index contributed by atoms with van der Waals surface area (Å²) in [6.45, 7) is 2.58. The van der Waals surface area contributed by atoms with E-state index in [0.717, 1.165) is 0 Å². The van der Waals surface area contributed by atoms with Gasteiger partial charge in [-0.3, -0.25) is 4.79 Å². The number of carbonyl (C=O) groups is 1. The molecule has 2 N–H and O–H groups in total. The molecule has 0 aliphatic heterocycles. The molecule has 2 rings (SSSR count). The fourth-order valence-electron chi connectivity index (χ4n) is 1.87. The normalized spacial score (nSPS) is 10.3. The minimum atomic E-state index is -0.518. The summed E-state index contributed by atoms with van der Waals surface area (Å²) >= 11 is 11.7. The smallest absolute Gasteiger partial charge is 0.257 e. The number of nitrogens with one attached hydrogen (secondary N) is 2. The van der Waals surface area contributed by atoms with Crippen LogP contribution in [0.3, 0.4) is 0 Å². The van der Waals surface area contributed by atoms with Crippen LogP contribution in [0.15, 0.2) is 36.4 Å². The van der Waals surface area contributed by atoms with E-state index in [9.17, 15) is 9.18 Å². The molecule has 0 fully saturated rings. The van der Waals surface area contributed by atoms with Crippen LogP contribution in [0.5, 0.6) is 0 Å². The SMILES string of the molecule is CCNc1ccc(Cl)cc1C(=O)Nc1cc(F)cc(Cl)c1. The van der Waals surface area contributed by atoms with Crippen molar-refractivity contribution < 1.29 is 9.18 Å². The van der Waals surface area contributed by atoms with Gasteiger partial charge in [-0.05, 0) is 43.3 Å². The lowest BCUT2D eigenvalue weighted by atomic mass is 10.1. The summed E-state index contributed by atoms with van der Waals surface area (Å²) in [5.41, 5.74) is 1.32. The first-order valence-corrected chi connectivity index (χ1v) is 7.06. The van der Waals surface area contributed by atoms with E-state index in [1.165, 1.54) is 18.2 Å². The van der Waals surface area contributed by atoms with Crippen LogP contribution >= 0.6 is 23.2 Å². The Morgan fingerprint density at radius 3 is 2.57 bits per heavy atom. The van der Waals surface area contributed by atoms with Crippen LogP contribution < -0.4 is 10.6 Å². The lowest BCUT2D eigenvalue weighted by Crippen LogP contribution is -2.15. The van der Waals surface area contributed by atoms with Gasteiger partial charge in [-0.2, -0.15) is 0 Å². The maximum atomic E-state index is 13.3. The average molecular weight is 327 g/mol. The molecule has 1 amide bonds. The van der Waals surface area contributed by atoms with Crippen LogP contribution in [0.1, 0.15) is 17.3 Å². The quantitative estimate of drug-likeness (QED) is 0.845. The van der Waals surface area contributed by atoms with Crippen LogP contribution in [-0.4, -0.2) is 12.5 Å². The average Bonchev–Trinajstić information content (AvgIpc) is 2.39. The maximum Gasteiger partial charge on any atom is 0.257 e. The van der Waals surface area contributed by atoms with Gasteiger partial charge < -0.3 is 10.6 Å². The molecule has 0 heterocycles. The van der Waals surface area contributed by atoms with Crippen molar-refractivity contribution in [3.8, 4) is 0 Å². The number of hydrogen-bond acceptors (Lipinski definition) is 2. The molecule has 2 aromatic rings. The molecule has 0 aliphatic rings. The minimum Gasteiger partial charge on any atom is -0.385 e. The highest BCUT2D eigenvalue weighted by molar-refractivity contribution is 6.31. The van der Waals surface area contributed by atoms with E-state index in [-0.39, 0.29) is 10.7 Å². The Labute approximate surface area is 132 Å². The summed E-state index contributed by atoms with van der Waals surface area (Å²) in [6.07, 6.45) is 0. The van der Waals surface area contributed by atoms with Crippen molar-refractivity contribution in [2.45, 2.75) is 6.92 Å². The highest BCUT2D eigenvalue weighted by Gasteiger charge is 2.13. The van der Waals surface area contributed by atoms with Gasteiger partial charge in [0.25, 0.3) is 5.91 Å². The number of hydrogen-bond donors (Lipinski definition) is 2. The van der Waals surface area contributed by atoms with Gasteiger partial charge in [0.05, 0.1) is 5.56 Å². The van der Waals surface area contributed by atoms with Gasteiger partial charge in [0.15, 0.2) is 0 Å². The van der Waals surface area contributed by atoms with E-state index in [2.05, 4.69) is 10.6 Å². The summed E-state index contributed by atoms with van der Waals surface area (Å²) in [7, 11) is 0. The van der Waals surface area contributed by atoms with Gasteiger partial charge in [0, 0.05) is 28.0 Å². The third kappa shape index (κ3) is 4.09. The second-order valence-corrected chi connectivity index (χ2v) is 5.21.